The van der Waals surface area contributed by atoms with Gasteiger partial charge in [-0.05, 0) is 63.0 Å². The van der Waals surface area contributed by atoms with E-state index in [-0.39, 0.29) is 18.1 Å². The van der Waals surface area contributed by atoms with Crippen molar-refractivity contribution in [3.63, 3.8) is 0 Å². The molecule has 4 aliphatic carbocycles. The van der Waals surface area contributed by atoms with E-state index in [4.69, 9.17) is 9.84 Å². The van der Waals surface area contributed by atoms with Crippen molar-refractivity contribution in [1.29, 1.82) is 0 Å². The topological polar surface area (TPSA) is 138 Å². The van der Waals surface area contributed by atoms with Crippen molar-refractivity contribution in [1.82, 2.24) is 0 Å². The van der Waals surface area contributed by atoms with Crippen LogP contribution in [0.3, 0.4) is 0 Å². The normalized spacial score (nSPS) is 34.5. The molecule has 9 heteroatoms. The predicted molar refractivity (Wildman–Crippen MR) is 187 cm³/mol. The third-order valence-electron chi connectivity index (χ3n) is 12.5. The van der Waals surface area contributed by atoms with Gasteiger partial charge in [0.1, 0.15) is 5.60 Å². The lowest BCUT2D eigenvalue weighted by atomic mass is 9.44. The van der Waals surface area contributed by atoms with Gasteiger partial charge in [-0.3, -0.25) is 19.2 Å². The van der Waals surface area contributed by atoms with Gasteiger partial charge < -0.3 is 20.1 Å². The monoisotopic (exact) mass is 690 g/mol. The largest absolute Gasteiger partial charge is 0.481 e. The Balaban J connectivity index is 0.000000311. The maximum absolute atomic E-state index is 17.0. The standard InChI is InChI=1S/C24H31FO6.C16H32O2/c1-13-9-18-17-6-5-15-10-16(27)7-8-21(15,3)23(17,25)19(28)11-22(18,4)24(13,30)20(29)12-31-14(2)26;1-2-3-4-5-6-7-8-9-10-11-12-13-14-15-16(17)18/h7-8,10,13,17-19,28,30H,5-6,9,11-12H2,1-4H3;2-15H2,1H3,(H,17,18)/t13-,17+,18+,19?,21+,22+,23+,24+;/m1./s1. The summed E-state index contributed by atoms with van der Waals surface area (Å²) in [5.41, 5.74) is -5.33. The second kappa shape index (κ2) is 17.7. The fourth-order valence-electron chi connectivity index (χ4n) is 9.71. The molecule has 0 aliphatic heterocycles. The van der Waals surface area contributed by atoms with E-state index in [2.05, 4.69) is 6.92 Å². The molecule has 0 amide bonds. The zero-order valence-corrected chi connectivity index (χ0v) is 30.7. The Labute approximate surface area is 293 Å². The number of esters is 1. The Kier molecular flexibility index (Phi) is 14.8. The number of carbonyl (C=O) groups is 4. The van der Waals surface area contributed by atoms with Crippen molar-refractivity contribution in [3.05, 3.63) is 23.8 Å². The van der Waals surface area contributed by atoms with Gasteiger partial charge in [0.15, 0.2) is 18.1 Å². The number of ketones is 2. The molecule has 8 atom stereocenters. The highest BCUT2D eigenvalue weighted by molar-refractivity contribution is 6.01. The minimum atomic E-state index is -2.01. The first-order valence-electron chi connectivity index (χ1n) is 19.0. The molecule has 0 radical (unpaired) electrons. The number of hydrogen-bond donors (Lipinski definition) is 3. The first-order chi connectivity index (χ1) is 23.1. The van der Waals surface area contributed by atoms with Gasteiger partial charge in [-0.15, -0.1) is 0 Å². The van der Waals surface area contributed by atoms with Crippen molar-refractivity contribution in [2.75, 3.05) is 6.61 Å². The number of aliphatic hydroxyl groups excluding tert-OH is 1. The number of carboxylic acid groups (broad SMARTS) is 1. The van der Waals surface area contributed by atoms with Crippen LogP contribution in [0, 0.1) is 28.6 Å². The van der Waals surface area contributed by atoms with E-state index >= 15 is 4.39 Å². The van der Waals surface area contributed by atoms with E-state index < -0.39 is 64.4 Å². The maximum Gasteiger partial charge on any atom is 0.303 e. The number of rotatable bonds is 17. The van der Waals surface area contributed by atoms with Crippen molar-refractivity contribution in [2.24, 2.45) is 28.6 Å². The number of aliphatic hydroxyl groups is 2. The average molecular weight is 691 g/mol. The van der Waals surface area contributed by atoms with E-state index in [0.29, 0.717) is 31.3 Å². The molecule has 49 heavy (non-hydrogen) atoms. The fraction of sp³-hybridized carbons (Fsp3) is 0.800. The molecule has 0 aromatic heterocycles. The van der Waals surface area contributed by atoms with Gasteiger partial charge in [0, 0.05) is 30.1 Å². The molecule has 278 valence electrons. The molecule has 3 N–H and O–H groups in total. The summed E-state index contributed by atoms with van der Waals surface area (Å²) in [5.74, 6) is -3.46. The molecule has 1 unspecified atom stereocenters. The van der Waals surface area contributed by atoms with Crippen LogP contribution in [0.2, 0.25) is 0 Å². The van der Waals surface area contributed by atoms with Gasteiger partial charge in [0.25, 0.3) is 0 Å². The Morgan fingerprint density at radius 1 is 0.939 bits per heavy atom. The minimum Gasteiger partial charge on any atom is -0.481 e. The third kappa shape index (κ3) is 8.74. The Hall–Kier alpha value is -2.39. The number of carboxylic acids is 1. The highest BCUT2D eigenvalue weighted by Crippen LogP contribution is 2.70. The summed E-state index contributed by atoms with van der Waals surface area (Å²) in [7, 11) is 0. The van der Waals surface area contributed by atoms with Crippen LogP contribution in [0.25, 0.3) is 0 Å². The number of aliphatic carboxylic acids is 1. The summed E-state index contributed by atoms with van der Waals surface area (Å²) in [4.78, 5) is 46.5. The SMILES string of the molecule is CC(=O)OCC(=O)[C@@]1(O)[C@H](C)C[C@H]2[C@@H]3CCC4=CC(=O)C=C[C@]4(C)[C@@]3(F)C(O)C[C@@]21C.CCCCCCCCCCCCCCCC(=O)O. The lowest BCUT2D eigenvalue weighted by Gasteiger charge is -2.62. The Morgan fingerprint density at radius 2 is 1.49 bits per heavy atom. The number of carbonyl (C=O) groups excluding carboxylic acids is 3. The highest BCUT2D eigenvalue weighted by Gasteiger charge is 2.75. The zero-order valence-electron chi connectivity index (χ0n) is 30.7. The molecule has 8 nitrogen and oxygen atoms in total. The van der Waals surface area contributed by atoms with E-state index in [0.717, 1.165) is 12.8 Å². The smallest absolute Gasteiger partial charge is 0.303 e. The number of halogens is 1. The van der Waals surface area contributed by atoms with Crippen LogP contribution in [0.5, 0.6) is 0 Å². The molecule has 0 aromatic carbocycles. The van der Waals surface area contributed by atoms with Gasteiger partial charge in [-0.25, -0.2) is 4.39 Å². The first kappa shape index (κ1) is 41.0. The van der Waals surface area contributed by atoms with Gasteiger partial charge in [-0.2, -0.15) is 0 Å². The van der Waals surface area contributed by atoms with Crippen LogP contribution in [0.15, 0.2) is 23.8 Å². The molecular weight excluding hydrogens is 627 g/mol. The Bertz CT molecular complexity index is 1230. The maximum atomic E-state index is 17.0. The zero-order chi connectivity index (χ0) is 36.5. The molecule has 0 bridgehead atoms. The lowest BCUT2D eigenvalue weighted by molar-refractivity contribution is -0.219. The van der Waals surface area contributed by atoms with Crippen LogP contribution in [0.4, 0.5) is 4.39 Å². The summed E-state index contributed by atoms with van der Waals surface area (Å²) in [5, 5.41) is 31.4. The number of Topliss-reactive ketones (excluding diaryl/α,β-unsaturated/α-hetero) is 1. The summed E-state index contributed by atoms with van der Waals surface area (Å²) < 4.78 is 21.9. The van der Waals surface area contributed by atoms with Gasteiger partial charge >= 0.3 is 11.9 Å². The first-order valence-corrected chi connectivity index (χ1v) is 19.0. The van der Waals surface area contributed by atoms with E-state index in [1.54, 1.807) is 26.8 Å². The number of ether oxygens (including phenoxy) is 1. The van der Waals surface area contributed by atoms with Crippen molar-refractivity contribution in [3.8, 4) is 0 Å². The number of allylic oxidation sites excluding steroid dienone is 4. The molecule has 0 heterocycles. The van der Waals surface area contributed by atoms with Crippen LogP contribution in [0.1, 0.15) is 150 Å². The number of alkyl halides is 1. The fourth-order valence-corrected chi connectivity index (χ4v) is 9.71. The molecule has 0 saturated heterocycles. The van der Waals surface area contributed by atoms with Crippen molar-refractivity contribution >= 4 is 23.5 Å². The van der Waals surface area contributed by atoms with Crippen LogP contribution in [-0.4, -0.2) is 62.8 Å². The molecule has 3 fully saturated rings. The summed E-state index contributed by atoms with van der Waals surface area (Å²) in [6, 6.07) is 0. The van der Waals surface area contributed by atoms with E-state index in [9.17, 15) is 29.4 Å². The molecule has 4 aliphatic rings. The van der Waals surface area contributed by atoms with E-state index in [1.165, 1.54) is 89.7 Å². The van der Waals surface area contributed by atoms with E-state index in [1.807, 2.05) is 0 Å². The van der Waals surface area contributed by atoms with Crippen LogP contribution in [-0.2, 0) is 23.9 Å². The highest BCUT2D eigenvalue weighted by atomic mass is 19.1. The van der Waals surface area contributed by atoms with Crippen LogP contribution < -0.4 is 0 Å². The van der Waals surface area contributed by atoms with Crippen molar-refractivity contribution in [2.45, 2.75) is 168 Å². The summed E-state index contributed by atoms with van der Waals surface area (Å²) >= 11 is 0. The molecule has 4 rings (SSSR count). The lowest BCUT2D eigenvalue weighted by Crippen LogP contribution is -2.69. The summed E-state index contributed by atoms with van der Waals surface area (Å²) in [6.07, 6.45) is 21.6. The predicted octanol–water partition coefficient (Wildman–Crippen LogP) is 8.02. The van der Waals surface area contributed by atoms with Gasteiger partial charge in [-0.1, -0.05) is 109 Å². The molecule has 3 saturated carbocycles. The van der Waals surface area contributed by atoms with Crippen molar-refractivity contribution < 1.29 is 43.6 Å². The van der Waals surface area contributed by atoms with Crippen LogP contribution >= 0.6 is 0 Å². The summed E-state index contributed by atoms with van der Waals surface area (Å²) in [6.45, 7) is 8.15. The Morgan fingerprint density at radius 3 is 2.02 bits per heavy atom. The van der Waals surface area contributed by atoms with Gasteiger partial charge in [0.05, 0.1) is 6.10 Å². The number of fused-ring (bicyclic) bond motifs is 5. The third-order valence-corrected chi connectivity index (χ3v) is 12.5. The molecular formula is C40H63FO8. The minimum absolute atomic E-state index is 0.0953. The quantitative estimate of drug-likeness (QED) is 0.103. The number of unbranched alkanes of at least 4 members (excludes halogenated alkanes) is 12. The van der Waals surface area contributed by atoms with Gasteiger partial charge in [0.2, 0.25) is 5.78 Å². The molecule has 0 spiro atoms. The second-order valence-electron chi connectivity index (χ2n) is 15.8. The molecule has 0 aromatic rings. The average Bonchev–Trinajstić information content (AvgIpc) is 3.24. The second-order valence-corrected chi connectivity index (χ2v) is 15.8. The number of hydrogen-bond acceptors (Lipinski definition) is 7.